The van der Waals surface area contributed by atoms with Crippen molar-refractivity contribution in [2.75, 3.05) is 26.4 Å². The Labute approximate surface area is 88.1 Å². The van der Waals surface area contributed by atoms with Gasteiger partial charge >= 0.3 is 87.4 Å². The Morgan fingerprint density at radius 1 is 0.929 bits per heavy atom. The summed E-state index contributed by atoms with van der Waals surface area (Å²) in [4.78, 5) is 0. The molecule has 0 aliphatic heterocycles. The molecule has 0 heterocycles. The Kier molecular flexibility index (Phi) is 8.41. The van der Waals surface area contributed by atoms with Crippen LogP contribution in [0.25, 0.3) is 0 Å². The predicted octanol–water partition coefficient (Wildman–Crippen LogP) is 1.12. The third-order valence-corrected chi connectivity index (χ3v) is 5.66. The van der Waals surface area contributed by atoms with Gasteiger partial charge in [0.25, 0.3) is 0 Å². The average molecular weight is 222 g/mol. The molecule has 0 saturated heterocycles. The van der Waals surface area contributed by atoms with Gasteiger partial charge < -0.3 is 0 Å². The summed E-state index contributed by atoms with van der Waals surface area (Å²) >= 11 is 0. The van der Waals surface area contributed by atoms with Crippen molar-refractivity contribution in [2.45, 2.75) is 33.2 Å². The van der Waals surface area contributed by atoms with Crippen molar-refractivity contribution in [3.05, 3.63) is 0 Å². The van der Waals surface area contributed by atoms with Gasteiger partial charge in [0.2, 0.25) is 0 Å². The molecule has 4 nitrogen and oxygen atoms in total. The van der Waals surface area contributed by atoms with Crippen molar-refractivity contribution < 1.29 is 13.3 Å². The Balaban J connectivity index is 4.21. The number of nitrogens with two attached hydrogens (primary N) is 1. The molecular formula is C9H24NO3Si-. The first-order valence-corrected chi connectivity index (χ1v) is 7.74. The van der Waals surface area contributed by atoms with Crippen LogP contribution in [0.3, 0.4) is 0 Å². The van der Waals surface area contributed by atoms with Gasteiger partial charge in [0, 0.05) is 0 Å². The van der Waals surface area contributed by atoms with Crippen LogP contribution in [0.2, 0.25) is 6.04 Å². The van der Waals surface area contributed by atoms with Gasteiger partial charge in [0.05, 0.1) is 0 Å². The van der Waals surface area contributed by atoms with E-state index in [1.807, 2.05) is 20.8 Å². The van der Waals surface area contributed by atoms with Crippen LogP contribution in [-0.2, 0) is 13.3 Å². The van der Waals surface area contributed by atoms with E-state index >= 15 is 0 Å². The van der Waals surface area contributed by atoms with E-state index in [9.17, 15) is 0 Å². The predicted molar refractivity (Wildman–Crippen MR) is 60.5 cm³/mol. The zero-order chi connectivity index (χ0) is 10.9. The molecule has 5 heteroatoms. The maximum atomic E-state index is 5.68. The summed E-state index contributed by atoms with van der Waals surface area (Å²) in [5, 5.41) is 0. The van der Waals surface area contributed by atoms with E-state index in [2.05, 4.69) is 0 Å². The Morgan fingerprint density at radius 3 is 1.64 bits per heavy atom. The van der Waals surface area contributed by atoms with Gasteiger partial charge in [-0.1, -0.05) is 0 Å². The van der Waals surface area contributed by atoms with Gasteiger partial charge in [0.1, 0.15) is 0 Å². The molecule has 0 unspecified atom stereocenters. The molecule has 0 fully saturated rings. The molecule has 0 aliphatic rings. The Bertz CT molecular complexity index is 118. The zero-order valence-corrected chi connectivity index (χ0v) is 10.8. The van der Waals surface area contributed by atoms with Crippen LogP contribution in [-0.4, -0.2) is 35.2 Å². The third-order valence-electron chi connectivity index (χ3n) is 2.02. The van der Waals surface area contributed by atoms with Gasteiger partial charge in [-0.05, 0) is 0 Å². The van der Waals surface area contributed by atoms with Crippen LogP contribution < -0.4 is 5.73 Å². The quantitative estimate of drug-likeness (QED) is 0.594. The standard InChI is InChI=1S/C9H24NO3Si/c1-4-11-14(12-5-2,13-6-3)9-7-8-10/h14H,4-10H2,1-3H3/q-1. The normalized spacial score (nSPS) is 13.1. The van der Waals surface area contributed by atoms with E-state index in [-0.39, 0.29) is 0 Å². The second-order valence-corrected chi connectivity index (χ2v) is 6.24. The molecule has 0 aromatic rings. The molecular weight excluding hydrogens is 198 g/mol. The third kappa shape index (κ3) is 5.07. The SMILES string of the molecule is CCO[SiH-](CCCN)(OCC)OCC. The number of rotatable bonds is 9. The second kappa shape index (κ2) is 8.37. The molecule has 0 radical (unpaired) electrons. The van der Waals surface area contributed by atoms with Gasteiger partial charge in [0.15, 0.2) is 0 Å². The zero-order valence-electron chi connectivity index (χ0n) is 9.62. The van der Waals surface area contributed by atoms with E-state index in [1.165, 1.54) is 0 Å². The molecule has 0 aromatic carbocycles. The summed E-state index contributed by atoms with van der Waals surface area (Å²) in [6.07, 6.45) is 0.907. The van der Waals surface area contributed by atoms with Crippen molar-refractivity contribution in [1.82, 2.24) is 0 Å². The molecule has 0 saturated carbocycles. The first-order valence-electron chi connectivity index (χ1n) is 5.51. The molecule has 0 amide bonds. The summed E-state index contributed by atoms with van der Waals surface area (Å²) in [5.41, 5.74) is 5.48. The topological polar surface area (TPSA) is 53.7 Å². The summed E-state index contributed by atoms with van der Waals surface area (Å²) in [7, 11) is -2.70. The van der Waals surface area contributed by atoms with Crippen LogP contribution in [0.5, 0.6) is 0 Å². The molecule has 0 bridgehead atoms. The molecule has 0 rings (SSSR count). The van der Waals surface area contributed by atoms with E-state index in [0.29, 0.717) is 26.4 Å². The number of hydrogen-bond acceptors (Lipinski definition) is 4. The Morgan fingerprint density at radius 2 is 1.36 bits per heavy atom. The van der Waals surface area contributed by atoms with Gasteiger partial charge in [-0.15, -0.1) is 0 Å². The van der Waals surface area contributed by atoms with Crippen molar-refractivity contribution in [3.8, 4) is 0 Å². The summed E-state index contributed by atoms with van der Waals surface area (Å²) in [6.45, 7) is 8.51. The van der Waals surface area contributed by atoms with Crippen LogP contribution in [0.15, 0.2) is 0 Å². The minimum atomic E-state index is -2.70. The molecule has 2 N–H and O–H groups in total. The molecule has 0 aromatic heterocycles. The average Bonchev–Trinajstić information content (AvgIpc) is 2.16. The fourth-order valence-electron chi connectivity index (χ4n) is 1.52. The van der Waals surface area contributed by atoms with Crippen molar-refractivity contribution in [2.24, 2.45) is 5.73 Å². The van der Waals surface area contributed by atoms with Gasteiger partial charge in [-0.3, -0.25) is 0 Å². The second-order valence-electron chi connectivity index (χ2n) is 3.09. The fourth-order valence-corrected chi connectivity index (χ4v) is 4.57. The van der Waals surface area contributed by atoms with Crippen LogP contribution in [0.4, 0.5) is 0 Å². The monoisotopic (exact) mass is 222 g/mol. The minimum absolute atomic E-state index is 0.648. The van der Waals surface area contributed by atoms with E-state index in [0.717, 1.165) is 12.5 Å². The van der Waals surface area contributed by atoms with Crippen molar-refractivity contribution in [3.63, 3.8) is 0 Å². The fraction of sp³-hybridized carbons (Fsp3) is 1.00. The molecule has 0 atom stereocenters. The molecule has 0 aliphatic carbocycles. The Hall–Kier alpha value is 0.0569. The first-order chi connectivity index (χ1) is 6.74. The van der Waals surface area contributed by atoms with E-state index in [4.69, 9.17) is 19.0 Å². The van der Waals surface area contributed by atoms with E-state index < -0.39 is 8.80 Å². The van der Waals surface area contributed by atoms with Gasteiger partial charge in [-0.25, -0.2) is 0 Å². The van der Waals surface area contributed by atoms with Crippen LogP contribution in [0, 0.1) is 0 Å². The molecule has 0 spiro atoms. The molecule has 14 heavy (non-hydrogen) atoms. The summed E-state index contributed by atoms with van der Waals surface area (Å²) in [6, 6.07) is 0.846. The van der Waals surface area contributed by atoms with Crippen molar-refractivity contribution in [1.29, 1.82) is 0 Å². The van der Waals surface area contributed by atoms with Crippen molar-refractivity contribution >= 4 is 8.80 Å². The van der Waals surface area contributed by atoms with Crippen LogP contribution in [0.1, 0.15) is 27.2 Å². The molecule has 88 valence electrons. The van der Waals surface area contributed by atoms with Crippen LogP contribution >= 0.6 is 0 Å². The number of hydrogen-bond donors (Lipinski definition) is 1. The van der Waals surface area contributed by atoms with Gasteiger partial charge in [-0.2, -0.15) is 0 Å². The summed E-state index contributed by atoms with van der Waals surface area (Å²) < 4.78 is 17.0. The van der Waals surface area contributed by atoms with E-state index in [1.54, 1.807) is 0 Å². The first kappa shape index (κ1) is 14.1. The maximum absolute atomic E-state index is 5.68. The summed E-state index contributed by atoms with van der Waals surface area (Å²) in [5.74, 6) is 0.